The van der Waals surface area contributed by atoms with Crippen LogP contribution in [0.1, 0.15) is 43.1 Å². The van der Waals surface area contributed by atoms with Crippen molar-refractivity contribution in [3.8, 4) is 5.75 Å². The Hall–Kier alpha value is -3.88. The molecule has 0 unspecified atom stereocenters. The van der Waals surface area contributed by atoms with Crippen molar-refractivity contribution < 1.29 is 23.9 Å². The lowest BCUT2D eigenvalue weighted by atomic mass is 9.78. The number of aromatic hydroxyl groups is 1. The average molecular weight is 481 g/mol. The molecule has 0 spiro atoms. The number of carbonyl (C=O) groups is 3. The maximum Gasteiger partial charge on any atom is 0.243 e. The van der Waals surface area contributed by atoms with E-state index in [-0.39, 0.29) is 25.2 Å². The molecule has 6 N–H and O–H groups in total. The Morgan fingerprint density at radius 3 is 2.51 bits per heavy atom. The molecule has 0 saturated heterocycles. The van der Waals surface area contributed by atoms with Gasteiger partial charge in [0.05, 0.1) is 6.42 Å². The number of nitrogens with two attached hydrogens (primary N) is 2. The number of benzene rings is 2. The molecule has 1 aliphatic carbocycles. The van der Waals surface area contributed by atoms with Crippen molar-refractivity contribution >= 4 is 28.6 Å². The van der Waals surface area contributed by atoms with E-state index >= 15 is 0 Å². The van der Waals surface area contributed by atoms with E-state index < -0.39 is 40.9 Å². The second-order valence-corrected chi connectivity index (χ2v) is 9.54. The van der Waals surface area contributed by atoms with Crippen LogP contribution >= 0.6 is 0 Å². The molecule has 0 bridgehead atoms. The van der Waals surface area contributed by atoms with Crippen molar-refractivity contribution in [1.82, 2.24) is 9.88 Å². The van der Waals surface area contributed by atoms with Crippen LogP contribution in [0.5, 0.6) is 5.75 Å². The summed E-state index contributed by atoms with van der Waals surface area (Å²) in [5, 5.41) is 13.0. The fourth-order valence-electron chi connectivity index (χ4n) is 5.18. The van der Waals surface area contributed by atoms with Gasteiger partial charge in [-0.15, -0.1) is 0 Å². The summed E-state index contributed by atoms with van der Waals surface area (Å²) in [7, 11) is 0. The molecule has 1 heterocycles. The number of nitrogens with one attached hydrogen (secondary N) is 1. The van der Waals surface area contributed by atoms with E-state index in [4.69, 9.17) is 11.5 Å². The molecule has 4 rings (SSSR count). The van der Waals surface area contributed by atoms with Gasteiger partial charge < -0.3 is 26.5 Å². The second-order valence-electron chi connectivity index (χ2n) is 9.54. The first kappa shape index (κ1) is 24.3. The number of fused-ring (bicyclic) bond motifs is 3. The van der Waals surface area contributed by atoms with Crippen LogP contribution in [0.15, 0.2) is 42.5 Å². The van der Waals surface area contributed by atoms with E-state index in [0.717, 1.165) is 28.2 Å². The van der Waals surface area contributed by atoms with Gasteiger partial charge in [0.1, 0.15) is 11.6 Å². The average Bonchev–Trinajstić information content (AvgIpc) is 3.09. The molecule has 2 aromatic carbocycles. The number of rotatable bonds is 7. The zero-order chi connectivity index (χ0) is 25.5. The van der Waals surface area contributed by atoms with Crippen molar-refractivity contribution in [1.29, 1.82) is 0 Å². The molecule has 1 aliphatic rings. The number of amides is 3. The van der Waals surface area contributed by atoms with E-state index in [1.807, 2.05) is 42.7 Å². The lowest BCUT2D eigenvalue weighted by molar-refractivity contribution is -0.131. The summed E-state index contributed by atoms with van der Waals surface area (Å²) in [5.74, 6) is -2.98. The zero-order valence-corrected chi connectivity index (χ0v) is 19.7. The van der Waals surface area contributed by atoms with Crippen molar-refractivity contribution in [3.63, 3.8) is 0 Å². The molecular formula is C26H29FN4O4. The molecule has 0 radical (unpaired) electrons. The minimum absolute atomic E-state index is 0.0550. The van der Waals surface area contributed by atoms with Gasteiger partial charge in [-0.25, -0.2) is 4.39 Å². The number of carbonyl (C=O) groups excluding carboxylic acids is 3. The third-order valence-electron chi connectivity index (χ3n) is 6.82. The van der Waals surface area contributed by atoms with E-state index in [1.54, 1.807) is 0 Å². The van der Waals surface area contributed by atoms with Crippen LogP contribution in [0.3, 0.4) is 0 Å². The highest BCUT2D eigenvalue weighted by molar-refractivity contribution is 5.94. The summed E-state index contributed by atoms with van der Waals surface area (Å²) in [6.45, 7) is 3.86. The molecule has 1 aromatic heterocycles. The second kappa shape index (κ2) is 9.05. The lowest BCUT2D eigenvalue weighted by Gasteiger charge is -2.36. The Bertz CT molecular complexity index is 1330. The Labute approximate surface area is 202 Å². The fraction of sp³-hybridized carbons (Fsp3) is 0.346. The van der Waals surface area contributed by atoms with Gasteiger partial charge in [0.25, 0.3) is 0 Å². The summed E-state index contributed by atoms with van der Waals surface area (Å²) in [4.78, 5) is 38.0. The van der Waals surface area contributed by atoms with Gasteiger partial charge in [-0.2, -0.15) is 0 Å². The van der Waals surface area contributed by atoms with Gasteiger partial charge in [-0.1, -0.05) is 38.1 Å². The monoisotopic (exact) mass is 480 g/mol. The molecule has 9 heteroatoms. The maximum atomic E-state index is 13.7. The predicted molar refractivity (Wildman–Crippen MR) is 129 cm³/mol. The Morgan fingerprint density at radius 1 is 1.17 bits per heavy atom. The summed E-state index contributed by atoms with van der Waals surface area (Å²) in [6.07, 6.45) is 0.616. The number of hydrogen-bond acceptors (Lipinski definition) is 4. The first-order valence-corrected chi connectivity index (χ1v) is 11.5. The summed E-state index contributed by atoms with van der Waals surface area (Å²) < 4.78 is 15.7. The Balaban J connectivity index is 1.72. The largest absolute Gasteiger partial charge is 0.505 e. The van der Waals surface area contributed by atoms with Gasteiger partial charge in [0.15, 0.2) is 11.6 Å². The third kappa shape index (κ3) is 4.34. The van der Waals surface area contributed by atoms with Crippen LogP contribution in [0, 0.1) is 11.7 Å². The Morgan fingerprint density at radius 2 is 1.89 bits per heavy atom. The molecule has 3 amide bonds. The SMILES string of the molecule is CC(C)[C@@H](C(N)=O)n1c2c(c3ccccc31)C[C@@](NC(=O)Cc1ccc(O)c(F)c1)(C(N)=O)CC2. The van der Waals surface area contributed by atoms with Gasteiger partial charge >= 0.3 is 0 Å². The molecule has 35 heavy (non-hydrogen) atoms. The lowest BCUT2D eigenvalue weighted by Crippen LogP contribution is -2.60. The minimum Gasteiger partial charge on any atom is -0.505 e. The van der Waals surface area contributed by atoms with E-state index in [1.165, 1.54) is 12.1 Å². The molecule has 184 valence electrons. The maximum absolute atomic E-state index is 13.7. The standard InChI is InChI=1S/C26H29FN4O4/c1-14(2)23(24(28)34)31-19-6-4-3-5-16(19)17-13-26(25(29)35,10-9-20(17)31)30-22(33)12-15-7-8-21(32)18(27)11-15/h3-8,11,14,23,32H,9-10,12-13H2,1-2H3,(H2,28,34)(H2,29,35)(H,30,33)/t23-,26+/m0/s1. The fourth-order valence-corrected chi connectivity index (χ4v) is 5.18. The van der Waals surface area contributed by atoms with Crippen LogP contribution in [0.4, 0.5) is 4.39 Å². The summed E-state index contributed by atoms with van der Waals surface area (Å²) >= 11 is 0. The normalized spacial score (nSPS) is 18.3. The number of primary amides is 2. The highest BCUT2D eigenvalue weighted by atomic mass is 19.1. The van der Waals surface area contributed by atoms with Crippen LogP contribution in [0.2, 0.25) is 0 Å². The van der Waals surface area contributed by atoms with Crippen molar-refractivity contribution in [2.45, 2.75) is 51.1 Å². The van der Waals surface area contributed by atoms with Crippen LogP contribution in [0.25, 0.3) is 10.9 Å². The van der Waals surface area contributed by atoms with E-state index in [2.05, 4.69) is 5.32 Å². The van der Waals surface area contributed by atoms with Crippen LogP contribution in [-0.4, -0.2) is 32.9 Å². The molecule has 0 aliphatic heterocycles. The van der Waals surface area contributed by atoms with E-state index in [9.17, 15) is 23.9 Å². The zero-order valence-electron chi connectivity index (χ0n) is 19.7. The number of hydrogen-bond donors (Lipinski definition) is 4. The van der Waals surface area contributed by atoms with Crippen molar-refractivity contribution in [3.05, 3.63) is 65.1 Å². The quantitative estimate of drug-likeness (QED) is 0.412. The van der Waals surface area contributed by atoms with Gasteiger partial charge in [-0.05, 0) is 48.1 Å². The number of para-hydroxylation sites is 1. The van der Waals surface area contributed by atoms with Gasteiger partial charge in [-0.3, -0.25) is 14.4 Å². The first-order valence-electron chi connectivity index (χ1n) is 11.5. The predicted octanol–water partition coefficient (Wildman–Crippen LogP) is 2.24. The number of nitrogens with zero attached hydrogens (tertiary/aromatic N) is 1. The summed E-state index contributed by atoms with van der Waals surface area (Å²) in [6, 6.07) is 10.7. The Kier molecular flexibility index (Phi) is 6.27. The number of phenolic OH excluding ortho intramolecular Hbond substituents is 1. The highest BCUT2D eigenvalue weighted by Crippen LogP contribution is 2.39. The molecule has 0 fully saturated rings. The van der Waals surface area contributed by atoms with Crippen molar-refractivity contribution in [2.75, 3.05) is 0 Å². The first-order chi connectivity index (χ1) is 16.5. The molecular weight excluding hydrogens is 451 g/mol. The van der Waals surface area contributed by atoms with Crippen LogP contribution in [-0.2, 0) is 33.6 Å². The number of halogens is 1. The molecule has 2 atom stereocenters. The van der Waals surface area contributed by atoms with Crippen LogP contribution < -0.4 is 16.8 Å². The third-order valence-corrected chi connectivity index (χ3v) is 6.82. The summed E-state index contributed by atoms with van der Waals surface area (Å²) in [5.41, 5.74) is 13.2. The topological polar surface area (TPSA) is 140 Å². The molecule has 0 saturated carbocycles. The highest BCUT2D eigenvalue weighted by Gasteiger charge is 2.44. The van der Waals surface area contributed by atoms with Crippen molar-refractivity contribution in [2.24, 2.45) is 17.4 Å². The number of aromatic nitrogens is 1. The van der Waals surface area contributed by atoms with Gasteiger partial charge in [0.2, 0.25) is 17.7 Å². The molecule has 3 aromatic rings. The minimum atomic E-state index is -1.34. The molecule has 8 nitrogen and oxygen atoms in total. The van der Waals surface area contributed by atoms with E-state index in [0.29, 0.717) is 12.0 Å². The smallest absolute Gasteiger partial charge is 0.243 e. The number of phenols is 1. The van der Waals surface area contributed by atoms with Gasteiger partial charge in [0, 0.05) is 23.0 Å².